The maximum atomic E-state index is 8.42. The van der Waals surface area contributed by atoms with E-state index in [4.69, 9.17) is 5.11 Å². The second-order valence-corrected chi connectivity index (χ2v) is 3.24. The number of aliphatic hydroxyl groups excluding tert-OH is 1. The molecule has 0 atom stereocenters. The van der Waals surface area contributed by atoms with Gasteiger partial charge in [-0.1, -0.05) is 25.5 Å². The Bertz CT molecular complexity index is 143. The average Bonchev–Trinajstić information content (AvgIpc) is 1.87. The van der Waals surface area contributed by atoms with Crippen molar-refractivity contribution in [2.45, 2.75) is 33.6 Å². The van der Waals surface area contributed by atoms with E-state index in [1.54, 1.807) is 6.08 Å². The van der Waals surface area contributed by atoms with Crippen LogP contribution in [0.4, 0.5) is 0 Å². The molecule has 0 bridgehead atoms. The Morgan fingerprint density at radius 2 is 2.09 bits per heavy atom. The molecular weight excluding hydrogens is 136 g/mol. The molecule has 0 spiro atoms. The van der Waals surface area contributed by atoms with Crippen LogP contribution in [0.2, 0.25) is 0 Å². The first-order chi connectivity index (χ1) is 5.16. The molecule has 0 amide bonds. The van der Waals surface area contributed by atoms with E-state index in [-0.39, 0.29) is 0 Å². The van der Waals surface area contributed by atoms with Crippen molar-refractivity contribution in [3.05, 3.63) is 24.0 Å². The van der Waals surface area contributed by atoms with Gasteiger partial charge in [-0.05, 0) is 31.8 Å². The van der Waals surface area contributed by atoms with Gasteiger partial charge in [0.05, 0.1) is 6.26 Å². The first-order valence-electron chi connectivity index (χ1n) is 4.14. The molecule has 0 aromatic heterocycles. The summed E-state index contributed by atoms with van der Waals surface area (Å²) in [5.41, 5.74) is 1.13. The van der Waals surface area contributed by atoms with E-state index in [0.29, 0.717) is 0 Å². The Morgan fingerprint density at radius 1 is 1.45 bits per heavy atom. The minimum Gasteiger partial charge on any atom is -0.516 e. The fourth-order valence-electron chi connectivity index (χ4n) is 0.830. The zero-order chi connectivity index (χ0) is 8.69. The summed E-state index contributed by atoms with van der Waals surface area (Å²) in [7, 11) is 0. The largest absolute Gasteiger partial charge is 0.516 e. The van der Waals surface area contributed by atoms with Crippen LogP contribution < -0.4 is 0 Å². The van der Waals surface area contributed by atoms with Crippen molar-refractivity contribution >= 4 is 0 Å². The lowest BCUT2D eigenvalue weighted by Gasteiger charge is -1.99. The van der Waals surface area contributed by atoms with Gasteiger partial charge in [0.1, 0.15) is 0 Å². The number of allylic oxidation sites excluding steroid dienone is 3. The summed E-state index contributed by atoms with van der Waals surface area (Å²) in [6, 6.07) is 0. The van der Waals surface area contributed by atoms with E-state index < -0.39 is 0 Å². The molecule has 0 rings (SSSR count). The Balaban J connectivity index is 3.56. The molecular formula is C10H18O. The fourth-order valence-corrected chi connectivity index (χ4v) is 0.830. The second kappa shape index (κ2) is 6.02. The zero-order valence-electron chi connectivity index (χ0n) is 7.67. The smallest absolute Gasteiger partial charge is 0.0794 e. The van der Waals surface area contributed by atoms with Gasteiger partial charge in [-0.2, -0.15) is 0 Å². The minimum atomic E-state index is 0.761. The van der Waals surface area contributed by atoms with Crippen molar-refractivity contribution in [3.63, 3.8) is 0 Å². The molecule has 1 nitrogen and oxygen atoms in total. The Hall–Kier alpha value is -0.720. The summed E-state index contributed by atoms with van der Waals surface area (Å²) in [5.74, 6) is 0.761. The van der Waals surface area contributed by atoms with Gasteiger partial charge >= 0.3 is 0 Å². The van der Waals surface area contributed by atoms with Crippen molar-refractivity contribution < 1.29 is 5.11 Å². The molecule has 0 unspecified atom stereocenters. The average molecular weight is 154 g/mol. The van der Waals surface area contributed by atoms with Crippen LogP contribution in [-0.4, -0.2) is 5.11 Å². The first kappa shape index (κ1) is 10.3. The van der Waals surface area contributed by atoms with Crippen molar-refractivity contribution in [1.82, 2.24) is 0 Å². The van der Waals surface area contributed by atoms with Crippen LogP contribution in [0.25, 0.3) is 0 Å². The summed E-state index contributed by atoms with van der Waals surface area (Å²) in [5, 5.41) is 8.42. The number of hydrogen-bond donors (Lipinski definition) is 1. The van der Waals surface area contributed by atoms with Gasteiger partial charge in [0.15, 0.2) is 0 Å². The van der Waals surface area contributed by atoms with Crippen molar-refractivity contribution in [1.29, 1.82) is 0 Å². The molecule has 0 fully saturated rings. The van der Waals surface area contributed by atoms with Crippen molar-refractivity contribution in [3.8, 4) is 0 Å². The SMILES string of the molecule is CC(=CCCC(C)C)/C=C\O. The predicted octanol–water partition coefficient (Wildman–Crippen LogP) is 3.44. The maximum absolute atomic E-state index is 8.42. The molecule has 11 heavy (non-hydrogen) atoms. The second-order valence-electron chi connectivity index (χ2n) is 3.24. The summed E-state index contributed by atoms with van der Waals surface area (Å²) >= 11 is 0. The number of rotatable bonds is 4. The van der Waals surface area contributed by atoms with Gasteiger partial charge in [-0.25, -0.2) is 0 Å². The third kappa shape index (κ3) is 7.17. The van der Waals surface area contributed by atoms with Gasteiger partial charge in [0.2, 0.25) is 0 Å². The van der Waals surface area contributed by atoms with E-state index >= 15 is 0 Å². The molecule has 0 aliphatic carbocycles. The molecule has 0 saturated heterocycles. The van der Waals surface area contributed by atoms with Crippen molar-refractivity contribution in [2.24, 2.45) is 5.92 Å². The van der Waals surface area contributed by atoms with E-state index in [1.165, 1.54) is 6.42 Å². The Labute approximate surface area is 69.4 Å². The van der Waals surface area contributed by atoms with E-state index in [1.807, 2.05) is 6.92 Å². The van der Waals surface area contributed by atoms with E-state index in [2.05, 4.69) is 19.9 Å². The van der Waals surface area contributed by atoms with Gasteiger partial charge in [-0.3, -0.25) is 0 Å². The minimum absolute atomic E-state index is 0.761. The zero-order valence-corrected chi connectivity index (χ0v) is 7.67. The molecule has 0 heterocycles. The van der Waals surface area contributed by atoms with Crippen LogP contribution in [0.5, 0.6) is 0 Å². The monoisotopic (exact) mass is 154 g/mol. The molecule has 64 valence electrons. The third-order valence-corrected chi connectivity index (χ3v) is 1.55. The highest BCUT2D eigenvalue weighted by molar-refractivity contribution is 5.13. The number of aliphatic hydroxyl groups is 1. The highest BCUT2D eigenvalue weighted by Crippen LogP contribution is 2.06. The van der Waals surface area contributed by atoms with E-state index in [0.717, 1.165) is 24.2 Å². The van der Waals surface area contributed by atoms with Gasteiger partial charge < -0.3 is 5.11 Å². The molecule has 0 saturated carbocycles. The van der Waals surface area contributed by atoms with Crippen LogP contribution in [0.1, 0.15) is 33.6 Å². The van der Waals surface area contributed by atoms with Crippen molar-refractivity contribution in [2.75, 3.05) is 0 Å². The summed E-state index contributed by atoms with van der Waals surface area (Å²) in [6.45, 7) is 6.42. The normalized spacial score (nSPS) is 13.3. The van der Waals surface area contributed by atoms with Crippen LogP contribution in [-0.2, 0) is 0 Å². The summed E-state index contributed by atoms with van der Waals surface area (Å²) in [4.78, 5) is 0. The van der Waals surface area contributed by atoms with Gasteiger partial charge in [0.25, 0.3) is 0 Å². The van der Waals surface area contributed by atoms with Crippen LogP contribution >= 0.6 is 0 Å². The lowest BCUT2D eigenvalue weighted by molar-refractivity contribution is 0.473. The topological polar surface area (TPSA) is 20.2 Å². The highest BCUT2D eigenvalue weighted by atomic mass is 16.2. The first-order valence-corrected chi connectivity index (χ1v) is 4.14. The molecule has 1 heteroatoms. The molecule has 0 aliphatic rings. The van der Waals surface area contributed by atoms with Gasteiger partial charge in [0, 0.05) is 0 Å². The van der Waals surface area contributed by atoms with Crippen LogP contribution in [0.3, 0.4) is 0 Å². The molecule has 0 aromatic rings. The predicted molar refractivity (Wildman–Crippen MR) is 49.6 cm³/mol. The molecule has 0 aromatic carbocycles. The van der Waals surface area contributed by atoms with Crippen LogP contribution in [0.15, 0.2) is 24.0 Å². The maximum Gasteiger partial charge on any atom is 0.0794 e. The standard InChI is InChI=1S/C10H18O/c1-9(2)5-4-6-10(3)7-8-11/h6-9,11H,4-5H2,1-3H3/b8-7-,10-6?. The number of hydrogen-bond acceptors (Lipinski definition) is 1. The van der Waals surface area contributed by atoms with Crippen LogP contribution in [0, 0.1) is 5.92 Å². The lowest BCUT2D eigenvalue weighted by atomic mass is 10.1. The lowest BCUT2D eigenvalue weighted by Crippen LogP contribution is -1.84. The fraction of sp³-hybridized carbons (Fsp3) is 0.600. The summed E-state index contributed by atoms with van der Waals surface area (Å²) in [6.07, 6.45) is 7.26. The molecule has 0 radical (unpaired) electrons. The quantitative estimate of drug-likeness (QED) is 0.486. The molecule has 1 N–H and O–H groups in total. The molecule has 0 aliphatic heterocycles. The Kier molecular flexibility index (Phi) is 5.63. The highest BCUT2D eigenvalue weighted by Gasteiger charge is 1.90. The Morgan fingerprint density at radius 3 is 2.55 bits per heavy atom. The third-order valence-electron chi connectivity index (χ3n) is 1.55. The van der Waals surface area contributed by atoms with Gasteiger partial charge in [-0.15, -0.1) is 0 Å². The summed E-state index contributed by atoms with van der Waals surface area (Å²) < 4.78 is 0. The van der Waals surface area contributed by atoms with E-state index in [9.17, 15) is 0 Å².